The van der Waals surface area contributed by atoms with Gasteiger partial charge in [0, 0.05) is 98.1 Å². The molecule has 45 heteroatoms. The van der Waals surface area contributed by atoms with Crippen molar-refractivity contribution in [3.8, 4) is 0 Å². The molecule has 0 bridgehead atoms. The molecule has 0 saturated carbocycles. The molecule has 9 amide bonds. The smallest absolute Gasteiger partial charge is 0.303 e. The predicted molar refractivity (Wildman–Crippen MR) is 469 cm³/mol. The summed E-state index contributed by atoms with van der Waals surface area (Å²) < 4.78 is 66.1. The highest BCUT2D eigenvalue weighted by molar-refractivity contribution is 14.1. The maximum absolute atomic E-state index is 16.1. The summed E-state index contributed by atoms with van der Waals surface area (Å²) in [6.07, 6.45) is -7.11. The molecular formula is C67H76I9N9O27. The molecule has 614 valence electrons. The average molecular weight is 2580 g/mol. The second-order valence-corrected chi connectivity index (χ2v) is 35.4. The van der Waals surface area contributed by atoms with Gasteiger partial charge in [-0.05, 0) is 245 Å². The van der Waals surface area contributed by atoms with E-state index in [1.165, 1.54) is 4.90 Å². The van der Waals surface area contributed by atoms with Crippen LogP contribution >= 0.6 is 203 Å². The van der Waals surface area contributed by atoms with Crippen molar-refractivity contribution < 1.29 is 129 Å². The van der Waals surface area contributed by atoms with Crippen LogP contribution in [0.25, 0.3) is 0 Å². The number of hydrogen-bond donors (Lipinski definition) is 8. The molecule has 3 aromatic carbocycles. The summed E-state index contributed by atoms with van der Waals surface area (Å²) in [5.74, 6) is -16.3. The molecule has 3 heterocycles. The van der Waals surface area contributed by atoms with Gasteiger partial charge in [0.2, 0.25) is 18.3 Å². The Morgan fingerprint density at radius 3 is 0.812 bits per heavy atom. The highest BCUT2D eigenvalue weighted by atomic mass is 127. The first-order valence-corrected chi connectivity index (χ1v) is 43.0. The molecule has 6 rings (SSSR count). The van der Waals surface area contributed by atoms with Crippen LogP contribution in [0.15, 0.2) is 0 Å². The number of nitrogens with one attached hydrogen (secondary N) is 8. The van der Waals surface area contributed by atoms with Crippen molar-refractivity contribution in [3.05, 3.63) is 65.5 Å². The maximum atomic E-state index is 16.1. The van der Waals surface area contributed by atoms with Crippen molar-refractivity contribution in [3.63, 3.8) is 0 Å². The zero-order valence-electron chi connectivity index (χ0n) is 61.5. The number of amides is 9. The van der Waals surface area contributed by atoms with Crippen LogP contribution in [0.3, 0.4) is 0 Å². The molecule has 0 radical (unpaired) electrons. The van der Waals surface area contributed by atoms with Crippen LogP contribution in [0.5, 0.6) is 0 Å². The fraction of sp³-hybridized carbons (Fsp3) is 0.507. The van der Waals surface area contributed by atoms with E-state index in [0.717, 1.165) is 41.5 Å². The molecule has 0 aromatic heterocycles. The number of hydrogen-bond acceptors (Lipinski definition) is 27. The van der Waals surface area contributed by atoms with Crippen molar-refractivity contribution in [1.29, 1.82) is 0 Å². The Hall–Kier alpha value is -3.96. The number of esters is 6. The van der Waals surface area contributed by atoms with Gasteiger partial charge in [0.1, 0.15) is 38.1 Å². The summed E-state index contributed by atoms with van der Waals surface area (Å²) in [7, 11) is 0. The van der Waals surface area contributed by atoms with Crippen molar-refractivity contribution in [2.24, 2.45) is 0 Å². The van der Waals surface area contributed by atoms with E-state index >= 15 is 14.4 Å². The highest BCUT2D eigenvalue weighted by Crippen LogP contribution is 2.40. The van der Waals surface area contributed by atoms with Crippen LogP contribution in [0.2, 0.25) is 0 Å². The second-order valence-electron chi connectivity index (χ2n) is 25.7. The first-order valence-electron chi connectivity index (χ1n) is 33.3. The lowest BCUT2D eigenvalue weighted by molar-refractivity contribution is -0.160. The van der Waals surface area contributed by atoms with Gasteiger partial charge in [0.15, 0.2) is 17.4 Å². The molecule has 36 nitrogen and oxygen atoms in total. The van der Waals surface area contributed by atoms with Crippen LogP contribution in [0.4, 0.5) is 17.1 Å². The maximum Gasteiger partial charge on any atom is 0.303 e. The Kier molecular flexibility index (Phi) is 37.3. The summed E-state index contributed by atoms with van der Waals surface area (Å²) in [6, 6.07) is 0. The topological polar surface area (TPSA) is 466 Å². The Morgan fingerprint density at radius 2 is 0.589 bits per heavy atom. The lowest BCUT2D eigenvalue weighted by atomic mass is 10.1. The van der Waals surface area contributed by atoms with Crippen LogP contribution < -0.4 is 42.5 Å². The van der Waals surface area contributed by atoms with Crippen molar-refractivity contribution in [1.82, 2.24) is 31.5 Å². The third-order valence-corrected chi connectivity index (χ3v) is 25.2. The second kappa shape index (κ2) is 43.1. The van der Waals surface area contributed by atoms with E-state index in [9.17, 15) is 57.5 Å². The number of benzene rings is 3. The van der Waals surface area contributed by atoms with Gasteiger partial charge in [-0.15, -0.1) is 0 Å². The molecule has 6 atom stereocenters. The van der Waals surface area contributed by atoms with Crippen LogP contribution in [0, 0.1) is 32.1 Å². The van der Waals surface area contributed by atoms with Crippen molar-refractivity contribution in [2.45, 2.75) is 137 Å². The lowest BCUT2D eigenvalue weighted by Crippen LogP contribution is -2.44. The molecule has 112 heavy (non-hydrogen) atoms. The fourth-order valence-electron chi connectivity index (χ4n) is 10.5. The summed E-state index contributed by atoms with van der Waals surface area (Å²) >= 11 is 16.1. The van der Waals surface area contributed by atoms with Crippen LogP contribution in [0.1, 0.15) is 145 Å². The summed E-state index contributed by atoms with van der Waals surface area (Å²) in [4.78, 5) is 207. The van der Waals surface area contributed by atoms with E-state index in [1.807, 2.05) is 0 Å². The molecule has 3 aromatic rings. The number of nitrogens with zero attached hydrogens (tertiary/aromatic N) is 1. The number of halogens is 9. The largest absolute Gasteiger partial charge is 0.461 e. The number of rotatable bonds is 33. The fourth-order valence-corrected chi connectivity index (χ4v) is 23.7. The minimum Gasteiger partial charge on any atom is -0.461 e. The molecule has 6 unspecified atom stereocenters. The average Bonchev–Trinajstić information content (AvgIpc) is 0.969. The van der Waals surface area contributed by atoms with E-state index in [2.05, 4.69) is 42.5 Å². The molecular weight excluding hydrogens is 2500 g/mol. The van der Waals surface area contributed by atoms with Gasteiger partial charge in [-0.25, -0.2) is 0 Å². The molecule has 3 aliphatic rings. The van der Waals surface area contributed by atoms with Crippen LogP contribution in [-0.2, 0) is 100.0 Å². The van der Waals surface area contributed by atoms with E-state index in [0.29, 0.717) is 0 Å². The lowest BCUT2D eigenvalue weighted by Gasteiger charge is -2.27. The van der Waals surface area contributed by atoms with Crippen molar-refractivity contribution in [2.75, 3.05) is 101 Å². The number of carbonyl (C=O) groups excluding carboxylic acids is 15. The van der Waals surface area contributed by atoms with Gasteiger partial charge < -0.3 is 104 Å². The normalized spacial score (nSPS) is 17.2. The van der Waals surface area contributed by atoms with Gasteiger partial charge in [0.05, 0.1) is 91.7 Å². The first kappa shape index (κ1) is 96.9. The zero-order chi connectivity index (χ0) is 83.9. The first-order chi connectivity index (χ1) is 52.2. The monoisotopic (exact) mass is 2580 g/mol. The summed E-state index contributed by atoms with van der Waals surface area (Å²) in [6.45, 7) is 12.3. The van der Waals surface area contributed by atoms with E-state index in [4.69, 9.17) is 56.8 Å². The standard InChI is InChI=1S/C67H76I9N9O27/c1-26(86)101-23-35(107-29(4)89)56(92)82-53-47(71)38(44(68)40(49(53)73)61(97)79-17-32-20-104-65(7,8)110-32)59(95)77-13-15-85(64(100)43-46(70)42(63(99)81-19-34-22-106-67(11,12)112-34)51(75)55(52(43)76)84-58(94)37(109-31(6)91)25-103-28(3)88)16-14-78-60(96)39-45(69)41(62(98)80-18-33-21-105-66(9,10)111-33)50(74)54(48(39)72)83-57(93)36(108-30(5)90)24-102-27(2)87/h32-37H,13-25H2,1-12H3,(H,77,95)(H,78,96)(H,79,97)(H,80,98)(H,81,99)(H,82,92)(H,83,93)(H,84,94). The SMILES string of the molecule is CC(=O)OCC(OC(C)=O)C(=O)Nc1c(I)c(C(=O)NCCN(CCNC(=O)c2c(I)c(NC(=O)C(COC(C)=O)OC(C)=O)c(I)c(C(=O)NCC3COC(C)(C)O3)c2I)C(=O)c2c(I)c(NC(=O)C(COC(C)=O)OC(C)=O)c(I)c(C(=O)NCC3COC(C)(C)O3)c2I)c(I)c(C(=O)NCC2COC(C)(C)O2)c1I. The minimum atomic E-state index is -1.78. The molecule has 8 N–H and O–H groups in total. The molecule has 0 aliphatic carbocycles. The van der Waals surface area contributed by atoms with Gasteiger partial charge >= 0.3 is 35.8 Å². The number of carbonyl (C=O) groups is 15. The Balaban J connectivity index is 1.51. The van der Waals surface area contributed by atoms with E-state index in [-0.39, 0.29) is 122 Å². The van der Waals surface area contributed by atoms with Gasteiger partial charge in [0.25, 0.3) is 53.2 Å². The summed E-state index contributed by atoms with van der Waals surface area (Å²) in [5.41, 5.74) is -1.47. The van der Waals surface area contributed by atoms with Gasteiger partial charge in [-0.2, -0.15) is 0 Å². The molecule has 3 aliphatic heterocycles. The van der Waals surface area contributed by atoms with Crippen LogP contribution in [-0.4, -0.2) is 233 Å². The van der Waals surface area contributed by atoms with E-state index < -0.39 is 189 Å². The third kappa shape index (κ3) is 27.3. The highest BCUT2D eigenvalue weighted by Gasteiger charge is 2.40. The van der Waals surface area contributed by atoms with Gasteiger partial charge in [-0.1, -0.05) is 0 Å². The zero-order valence-corrected chi connectivity index (χ0v) is 80.9. The van der Waals surface area contributed by atoms with Crippen molar-refractivity contribution >= 4 is 309 Å². The molecule has 0 spiro atoms. The number of ether oxygens (including phenoxy) is 12. The Labute approximate surface area is 764 Å². The third-order valence-electron chi connectivity index (χ3n) is 15.5. The van der Waals surface area contributed by atoms with E-state index in [1.54, 1.807) is 245 Å². The molecule has 3 saturated heterocycles. The Bertz CT molecular complexity index is 4080. The quantitative estimate of drug-likeness (QED) is 0.0186. The predicted octanol–water partition coefficient (Wildman–Crippen LogP) is 6.37. The minimum absolute atomic E-state index is 0.00356. The Morgan fingerprint density at radius 1 is 0.357 bits per heavy atom. The number of anilines is 3. The van der Waals surface area contributed by atoms with Gasteiger partial charge in [-0.3, -0.25) is 71.9 Å². The summed E-state index contributed by atoms with van der Waals surface area (Å²) in [5, 5.41) is 21.9. The molecule has 3 fully saturated rings.